The van der Waals surface area contributed by atoms with E-state index in [1.807, 2.05) is 0 Å². The second-order valence-electron chi connectivity index (χ2n) is 3.00. The summed E-state index contributed by atoms with van der Waals surface area (Å²) in [6.07, 6.45) is -0.159. The number of hydrogen-bond acceptors (Lipinski definition) is 3. The molecule has 7 nitrogen and oxygen atoms in total. The quantitative estimate of drug-likeness (QED) is 0.468. The third kappa shape index (κ3) is 7.29. The van der Waals surface area contributed by atoms with Gasteiger partial charge in [-0.3, -0.25) is 9.59 Å². The summed E-state index contributed by atoms with van der Waals surface area (Å²) < 4.78 is 0. The Kier molecular flexibility index (Phi) is 5.84. The zero-order valence-electron chi connectivity index (χ0n) is 8.66. The maximum Gasteiger partial charge on any atom is 0.315 e. The number of nitrogens with one attached hydrogen (secondary N) is 3. The highest BCUT2D eigenvalue weighted by atomic mass is 16.4. The molecule has 0 heterocycles. The molecule has 1 atom stereocenters. The van der Waals surface area contributed by atoms with E-state index in [0.717, 1.165) is 0 Å². The lowest BCUT2D eigenvalue weighted by atomic mass is 10.2. The normalized spacial score (nSPS) is 11.3. The Hall–Kier alpha value is -1.79. The van der Waals surface area contributed by atoms with Crippen molar-refractivity contribution < 1.29 is 19.5 Å². The van der Waals surface area contributed by atoms with Crippen molar-refractivity contribution in [2.24, 2.45) is 0 Å². The van der Waals surface area contributed by atoms with Crippen LogP contribution in [-0.2, 0) is 9.59 Å². The van der Waals surface area contributed by atoms with Crippen molar-refractivity contribution >= 4 is 17.9 Å². The topological polar surface area (TPSA) is 108 Å². The first-order chi connectivity index (χ1) is 6.95. The zero-order chi connectivity index (χ0) is 11.8. The van der Waals surface area contributed by atoms with Crippen LogP contribution in [0.1, 0.15) is 13.3 Å². The molecule has 0 aliphatic heterocycles. The lowest BCUT2D eigenvalue weighted by Crippen LogP contribution is -2.44. The van der Waals surface area contributed by atoms with E-state index in [0.29, 0.717) is 0 Å². The van der Waals surface area contributed by atoms with Crippen LogP contribution in [0.2, 0.25) is 0 Å². The fourth-order valence-electron chi connectivity index (χ4n) is 0.837. The Balaban J connectivity index is 3.73. The van der Waals surface area contributed by atoms with Crippen molar-refractivity contribution in [2.75, 3.05) is 13.6 Å². The van der Waals surface area contributed by atoms with Crippen LogP contribution in [0.15, 0.2) is 0 Å². The minimum atomic E-state index is -0.992. The Labute approximate surface area is 87.2 Å². The molecule has 3 amide bonds. The van der Waals surface area contributed by atoms with Crippen LogP contribution in [0.25, 0.3) is 0 Å². The number of likely N-dealkylation sites (N-methyl/N-ethyl adjacent to an activating group) is 1. The van der Waals surface area contributed by atoms with Crippen molar-refractivity contribution in [3.05, 3.63) is 0 Å². The number of carboxylic acid groups (broad SMARTS) is 1. The van der Waals surface area contributed by atoms with Crippen LogP contribution in [0, 0.1) is 0 Å². The van der Waals surface area contributed by atoms with Gasteiger partial charge in [-0.05, 0) is 6.92 Å². The Bertz CT molecular complexity index is 254. The van der Waals surface area contributed by atoms with Gasteiger partial charge in [0.05, 0.1) is 13.0 Å². The van der Waals surface area contributed by atoms with Crippen LogP contribution in [0.4, 0.5) is 4.79 Å². The molecule has 0 fully saturated rings. The number of rotatable bonds is 5. The summed E-state index contributed by atoms with van der Waals surface area (Å²) in [4.78, 5) is 32.1. The number of amides is 3. The summed E-state index contributed by atoms with van der Waals surface area (Å²) in [6.45, 7) is 1.43. The molecular weight excluding hydrogens is 202 g/mol. The van der Waals surface area contributed by atoms with E-state index in [1.54, 1.807) is 6.92 Å². The molecule has 15 heavy (non-hydrogen) atoms. The maximum absolute atomic E-state index is 11.1. The van der Waals surface area contributed by atoms with Crippen molar-refractivity contribution in [2.45, 2.75) is 19.4 Å². The van der Waals surface area contributed by atoms with Crippen molar-refractivity contribution in [3.8, 4) is 0 Å². The molecule has 0 aromatic rings. The predicted octanol–water partition coefficient (Wildman–Crippen LogP) is -1.11. The molecule has 0 aromatic heterocycles. The SMILES string of the molecule is CNC(=O)CNC(=O)NC(C)CC(=O)O. The Morgan fingerprint density at radius 2 is 1.93 bits per heavy atom. The molecule has 0 spiro atoms. The monoisotopic (exact) mass is 217 g/mol. The van der Waals surface area contributed by atoms with Gasteiger partial charge in [0, 0.05) is 13.1 Å². The largest absolute Gasteiger partial charge is 0.481 e. The van der Waals surface area contributed by atoms with E-state index < -0.39 is 18.0 Å². The Morgan fingerprint density at radius 1 is 1.33 bits per heavy atom. The molecule has 0 aliphatic rings. The van der Waals surface area contributed by atoms with Crippen LogP contribution >= 0.6 is 0 Å². The average molecular weight is 217 g/mol. The summed E-state index contributed by atoms with van der Waals surface area (Å²) in [5.74, 6) is -1.31. The van der Waals surface area contributed by atoms with E-state index >= 15 is 0 Å². The molecule has 0 saturated carbocycles. The molecule has 0 bridgehead atoms. The first kappa shape index (κ1) is 13.2. The van der Waals surface area contributed by atoms with Gasteiger partial charge >= 0.3 is 12.0 Å². The average Bonchev–Trinajstić information content (AvgIpc) is 2.12. The molecule has 0 radical (unpaired) electrons. The number of carbonyl (C=O) groups is 3. The van der Waals surface area contributed by atoms with Crippen molar-refractivity contribution in [1.29, 1.82) is 0 Å². The van der Waals surface area contributed by atoms with E-state index in [4.69, 9.17) is 5.11 Å². The van der Waals surface area contributed by atoms with Gasteiger partial charge in [0.1, 0.15) is 0 Å². The van der Waals surface area contributed by atoms with Gasteiger partial charge in [0.2, 0.25) is 5.91 Å². The van der Waals surface area contributed by atoms with Gasteiger partial charge in [0.25, 0.3) is 0 Å². The van der Waals surface area contributed by atoms with E-state index in [-0.39, 0.29) is 18.9 Å². The predicted molar refractivity (Wildman–Crippen MR) is 52.3 cm³/mol. The molecule has 0 saturated heterocycles. The van der Waals surface area contributed by atoms with Crippen molar-refractivity contribution in [1.82, 2.24) is 16.0 Å². The van der Waals surface area contributed by atoms with E-state index in [1.165, 1.54) is 7.05 Å². The summed E-state index contributed by atoms with van der Waals surface area (Å²) in [6, 6.07) is -1.04. The summed E-state index contributed by atoms with van der Waals surface area (Å²) in [7, 11) is 1.45. The number of carboxylic acids is 1. The van der Waals surface area contributed by atoms with Gasteiger partial charge < -0.3 is 21.1 Å². The number of carbonyl (C=O) groups excluding carboxylic acids is 2. The smallest absolute Gasteiger partial charge is 0.315 e. The molecule has 0 rings (SSSR count). The third-order valence-corrected chi connectivity index (χ3v) is 1.55. The highest BCUT2D eigenvalue weighted by Gasteiger charge is 2.10. The zero-order valence-corrected chi connectivity index (χ0v) is 8.66. The van der Waals surface area contributed by atoms with Crippen LogP contribution in [0.3, 0.4) is 0 Å². The Morgan fingerprint density at radius 3 is 2.40 bits per heavy atom. The van der Waals surface area contributed by atoms with Crippen LogP contribution in [0.5, 0.6) is 0 Å². The van der Waals surface area contributed by atoms with E-state index in [2.05, 4.69) is 16.0 Å². The van der Waals surface area contributed by atoms with Gasteiger partial charge in [-0.1, -0.05) is 0 Å². The maximum atomic E-state index is 11.1. The summed E-state index contributed by atoms with van der Waals surface area (Å²) in [5.41, 5.74) is 0. The minimum Gasteiger partial charge on any atom is -0.481 e. The number of hydrogen-bond donors (Lipinski definition) is 4. The summed E-state index contributed by atoms with van der Waals surface area (Å²) >= 11 is 0. The second kappa shape index (κ2) is 6.63. The lowest BCUT2D eigenvalue weighted by Gasteiger charge is -2.11. The van der Waals surface area contributed by atoms with Gasteiger partial charge in [-0.25, -0.2) is 4.79 Å². The van der Waals surface area contributed by atoms with E-state index in [9.17, 15) is 14.4 Å². The van der Waals surface area contributed by atoms with Gasteiger partial charge in [-0.2, -0.15) is 0 Å². The molecule has 86 valence electrons. The fourth-order valence-corrected chi connectivity index (χ4v) is 0.837. The second-order valence-corrected chi connectivity index (χ2v) is 3.00. The third-order valence-electron chi connectivity index (χ3n) is 1.55. The minimum absolute atomic E-state index is 0.137. The molecule has 7 heteroatoms. The summed E-state index contributed by atoms with van der Waals surface area (Å²) in [5, 5.41) is 15.4. The molecule has 0 aliphatic carbocycles. The first-order valence-corrected chi connectivity index (χ1v) is 4.42. The molecule has 0 aromatic carbocycles. The number of aliphatic carboxylic acids is 1. The number of urea groups is 1. The first-order valence-electron chi connectivity index (χ1n) is 4.42. The van der Waals surface area contributed by atoms with Crippen LogP contribution in [-0.4, -0.2) is 42.6 Å². The van der Waals surface area contributed by atoms with Gasteiger partial charge in [0.15, 0.2) is 0 Å². The highest BCUT2D eigenvalue weighted by Crippen LogP contribution is 1.89. The molecular formula is C8H15N3O4. The van der Waals surface area contributed by atoms with Crippen LogP contribution < -0.4 is 16.0 Å². The molecule has 1 unspecified atom stereocenters. The highest BCUT2D eigenvalue weighted by molar-refractivity contribution is 5.83. The lowest BCUT2D eigenvalue weighted by molar-refractivity contribution is -0.137. The van der Waals surface area contributed by atoms with Gasteiger partial charge in [-0.15, -0.1) is 0 Å². The fraction of sp³-hybridized carbons (Fsp3) is 0.625. The standard InChI is InChI=1S/C8H15N3O4/c1-5(3-7(13)14)11-8(15)10-4-6(12)9-2/h5H,3-4H2,1-2H3,(H,9,12)(H,13,14)(H2,10,11,15). The van der Waals surface area contributed by atoms with Crippen molar-refractivity contribution in [3.63, 3.8) is 0 Å². The molecule has 4 N–H and O–H groups in total.